The normalized spacial score (nSPS) is 37.3. The van der Waals surface area contributed by atoms with Crippen molar-refractivity contribution in [3.8, 4) is 0 Å². The molecule has 0 aromatic carbocycles. The van der Waals surface area contributed by atoms with Gasteiger partial charge in [0.05, 0.1) is 6.67 Å². The number of nitrogens with one attached hydrogen (secondary N) is 1. The maximum Gasteiger partial charge on any atom is 0.223 e. The monoisotopic (exact) mass is 214 g/mol. The Bertz CT molecular complexity index is 241. The molecular formula is C11H19FN2O. The first-order valence-electron chi connectivity index (χ1n) is 5.76. The topological polar surface area (TPSA) is 32.3 Å². The van der Waals surface area contributed by atoms with Crippen LogP contribution in [0.2, 0.25) is 0 Å². The molecule has 3 unspecified atom stereocenters. The third-order valence-corrected chi connectivity index (χ3v) is 3.78. The molecule has 0 aromatic rings. The molecule has 4 heteroatoms. The van der Waals surface area contributed by atoms with Crippen molar-refractivity contribution >= 4 is 5.91 Å². The zero-order valence-electron chi connectivity index (χ0n) is 9.21. The average molecular weight is 214 g/mol. The van der Waals surface area contributed by atoms with Gasteiger partial charge < -0.3 is 10.2 Å². The van der Waals surface area contributed by atoms with Crippen molar-refractivity contribution in [1.82, 2.24) is 10.2 Å². The SMILES string of the molecule is CN1C(=O)CC(CF)C1C1CCCNC1. The first-order valence-corrected chi connectivity index (χ1v) is 5.76. The molecule has 2 rings (SSSR count). The molecule has 3 atom stereocenters. The van der Waals surface area contributed by atoms with Crippen molar-refractivity contribution in [3.05, 3.63) is 0 Å². The van der Waals surface area contributed by atoms with Gasteiger partial charge in [-0.3, -0.25) is 9.18 Å². The van der Waals surface area contributed by atoms with Gasteiger partial charge in [-0.2, -0.15) is 0 Å². The number of rotatable bonds is 2. The van der Waals surface area contributed by atoms with Crippen LogP contribution in [0.3, 0.4) is 0 Å². The number of carbonyl (C=O) groups is 1. The summed E-state index contributed by atoms with van der Waals surface area (Å²) in [6.45, 7) is 1.62. The van der Waals surface area contributed by atoms with Gasteiger partial charge in [0.1, 0.15) is 0 Å². The Kier molecular flexibility index (Phi) is 3.24. The zero-order chi connectivity index (χ0) is 10.8. The van der Waals surface area contributed by atoms with Gasteiger partial charge in [-0.1, -0.05) is 0 Å². The van der Waals surface area contributed by atoms with Gasteiger partial charge in [0.2, 0.25) is 5.91 Å². The molecule has 2 aliphatic heterocycles. The van der Waals surface area contributed by atoms with Crippen molar-refractivity contribution in [1.29, 1.82) is 0 Å². The van der Waals surface area contributed by atoms with Gasteiger partial charge in [-0.15, -0.1) is 0 Å². The van der Waals surface area contributed by atoms with Gasteiger partial charge in [-0.05, 0) is 31.8 Å². The molecular weight excluding hydrogens is 195 g/mol. The number of carbonyl (C=O) groups excluding carboxylic acids is 1. The van der Waals surface area contributed by atoms with Crippen molar-refractivity contribution in [2.45, 2.75) is 25.3 Å². The lowest BCUT2D eigenvalue weighted by Gasteiger charge is -2.34. The minimum atomic E-state index is -0.364. The highest BCUT2D eigenvalue weighted by atomic mass is 19.1. The summed E-state index contributed by atoms with van der Waals surface area (Å²) in [4.78, 5) is 13.3. The Morgan fingerprint density at radius 2 is 2.40 bits per heavy atom. The van der Waals surface area contributed by atoms with E-state index in [2.05, 4.69) is 5.32 Å². The second-order valence-electron chi connectivity index (χ2n) is 4.72. The fourth-order valence-corrected chi connectivity index (χ4v) is 2.99. The Morgan fingerprint density at radius 1 is 1.60 bits per heavy atom. The molecule has 1 N–H and O–H groups in total. The summed E-state index contributed by atoms with van der Waals surface area (Å²) in [7, 11) is 1.82. The number of piperidine rings is 1. The average Bonchev–Trinajstić information content (AvgIpc) is 2.56. The first kappa shape index (κ1) is 10.9. The van der Waals surface area contributed by atoms with Crippen LogP contribution < -0.4 is 5.32 Å². The quantitative estimate of drug-likeness (QED) is 0.737. The highest BCUT2D eigenvalue weighted by molar-refractivity contribution is 5.79. The molecule has 86 valence electrons. The van der Waals surface area contributed by atoms with Gasteiger partial charge in [0, 0.05) is 25.4 Å². The van der Waals surface area contributed by atoms with Crippen LogP contribution in [0.25, 0.3) is 0 Å². The third-order valence-electron chi connectivity index (χ3n) is 3.78. The summed E-state index contributed by atoms with van der Waals surface area (Å²) in [5.41, 5.74) is 0. The van der Waals surface area contributed by atoms with Crippen LogP contribution in [0.1, 0.15) is 19.3 Å². The molecule has 0 aliphatic carbocycles. The van der Waals surface area contributed by atoms with Crippen molar-refractivity contribution in [3.63, 3.8) is 0 Å². The summed E-state index contributed by atoms with van der Waals surface area (Å²) in [6.07, 6.45) is 2.65. The molecule has 2 fully saturated rings. The Labute approximate surface area is 90.0 Å². The highest BCUT2D eigenvalue weighted by Crippen LogP contribution is 2.32. The van der Waals surface area contributed by atoms with Crippen molar-refractivity contribution < 1.29 is 9.18 Å². The third kappa shape index (κ3) is 2.00. The van der Waals surface area contributed by atoms with Crippen LogP contribution >= 0.6 is 0 Å². The summed E-state index contributed by atoms with van der Waals surface area (Å²) in [6, 6.07) is 0.121. The molecule has 15 heavy (non-hydrogen) atoms. The minimum absolute atomic E-state index is 0.0765. The first-order chi connectivity index (χ1) is 7.24. The van der Waals surface area contributed by atoms with Crippen molar-refractivity contribution in [2.75, 3.05) is 26.8 Å². The molecule has 0 spiro atoms. The smallest absolute Gasteiger partial charge is 0.223 e. The molecule has 1 amide bonds. The van der Waals surface area contributed by atoms with Gasteiger partial charge in [-0.25, -0.2) is 0 Å². The molecule has 2 heterocycles. The number of amides is 1. The predicted octanol–water partition coefficient (Wildman–Crippen LogP) is 0.802. The summed E-state index contributed by atoms with van der Waals surface area (Å²) < 4.78 is 12.9. The fourth-order valence-electron chi connectivity index (χ4n) is 2.99. The summed E-state index contributed by atoms with van der Waals surface area (Å²) in [5.74, 6) is 0.469. The van der Waals surface area contributed by atoms with E-state index in [1.807, 2.05) is 7.05 Å². The standard InChI is InChI=1S/C11H19FN2O/c1-14-10(15)5-9(6-12)11(14)8-3-2-4-13-7-8/h8-9,11,13H,2-7H2,1H3. The van der Waals surface area contributed by atoms with E-state index in [1.54, 1.807) is 4.90 Å². The van der Waals surface area contributed by atoms with E-state index in [9.17, 15) is 9.18 Å². The largest absolute Gasteiger partial charge is 0.342 e. The van der Waals surface area contributed by atoms with E-state index in [4.69, 9.17) is 0 Å². The van der Waals surface area contributed by atoms with Crippen LogP contribution in [0.4, 0.5) is 4.39 Å². The summed E-state index contributed by atoms with van der Waals surface area (Å²) in [5, 5.41) is 3.33. The lowest BCUT2D eigenvalue weighted by atomic mass is 9.85. The fraction of sp³-hybridized carbons (Fsp3) is 0.909. The Balaban J connectivity index is 2.06. The summed E-state index contributed by atoms with van der Waals surface area (Å²) >= 11 is 0. The molecule has 0 bridgehead atoms. The van der Waals surface area contributed by atoms with Gasteiger partial charge in [0.15, 0.2) is 0 Å². The maximum absolute atomic E-state index is 12.9. The second-order valence-corrected chi connectivity index (χ2v) is 4.72. The highest BCUT2D eigenvalue weighted by Gasteiger charge is 2.42. The van der Waals surface area contributed by atoms with Gasteiger partial charge in [0.25, 0.3) is 0 Å². The maximum atomic E-state index is 12.9. The van der Waals surface area contributed by atoms with E-state index in [0.29, 0.717) is 12.3 Å². The van der Waals surface area contributed by atoms with Crippen LogP contribution in [0.15, 0.2) is 0 Å². The zero-order valence-corrected chi connectivity index (χ0v) is 9.21. The Hall–Kier alpha value is -0.640. The number of alkyl halides is 1. The van der Waals surface area contributed by atoms with E-state index >= 15 is 0 Å². The van der Waals surface area contributed by atoms with Crippen LogP contribution in [0.5, 0.6) is 0 Å². The molecule has 2 aliphatic rings. The van der Waals surface area contributed by atoms with E-state index in [0.717, 1.165) is 25.9 Å². The number of halogens is 1. The Morgan fingerprint density at radius 3 is 3.00 bits per heavy atom. The predicted molar refractivity (Wildman–Crippen MR) is 56.2 cm³/mol. The van der Waals surface area contributed by atoms with Crippen LogP contribution in [-0.2, 0) is 4.79 Å². The molecule has 0 radical (unpaired) electrons. The number of hydrogen-bond acceptors (Lipinski definition) is 2. The minimum Gasteiger partial charge on any atom is -0.342 e. The number of likely N-dealkylation sites (tertiary alicyclic amines) is 1. The molecule has 3 nitrogen and oxygen atoms in total. The number of hydrogen-bond donors (Lipinski definition) is 1. The van der Waals surface area contributed by atoms with Crippen LogP contribution in [0, 0.1) is 11.8 Å². The molecule has 0 aromatic heterocycles. The van der Waals surface area contributed by atoms with Crippen LogP contribution in [-0.4, -0.2) is 43.7 Å². The van der Waals surface area contributed by atoms with Gasteiger partial charge >= 0.3 is 0 Å². The lowest BCUT2D eigenvalue weighted by molar-refractivity contribution is -0.128. The van der Waals surface area contributed by atoms with E-state index in [-0.39, 0.29) is 24.5 Å². The number of nitrogens with zero attached hydrogens (tertiary/aromatic N) is 1. The van der Waals surface area contributed by atoms with Crippen molar-refractivity contribution in [2.24, 2.45) is 11.8 Å². The lowest BCUT2D eigenvalue weighted by Crippen LogP contribution is -2.45. The molecule has 0 saturated carbocycles. The van der Waals surface area contributed by atoms with E-state index < -0.39 is 0 Å². The second kappa shape index (κ2) is 4.47. The molecule has 2 saturated heterocycles. The van der Waals surface area contributed by atoms with E-state index in [1.165, 1.54) is 0 Å².